The molecular weight excluding hydrogens is 242 g/mol. The summed E-state index contributed by atoms with van der Waals surface area (Å²) >= 11 is 0. The first-order valence-electron chi connectivity index (χ1n) is 6.76. The Morgan fingerprint density at radius 3 is 3.00 bits per heavy atom. The Bertz CT molecular complexity index is 456. The number of carbonyl (C=O) groups is 1. The number of rotatable bonds is 4. The lowest BCUT2D eigenvalue weighted by molar-refractivity contribution is -0.138. The molecule has 1 fully saturated rings. The van der Waals surface area contributed by atoms with Gasteiger partial charge in [-0.25, -0.2) is 0 Å². The first-order valence-corrected chi connectivity index (χ1v) is 6.76. The normalized spacial score (nSPS) is 27.3. The molecule has 0 unspecified atom stereocenters. The van der Waals surface area contributed by atoms with Crippen molar-refractivity contribution >= 4 is 5.78 Å². The first-order chi connectivity index (χ1) is 9.14. The lowest BCUT2D eigenvalue weighted by Crippen LogP contribution is -2.55. The summed E-state index contributed by atoms with van der Waals surface area (Å²) in [6.45, 7) is 2.64. The van der Waals surface area contributed by atoms with Crippen molar-refractivity contribution < 1.29 is 14.6 Å². The van der Waals surface area contributed by atoms with E-state index in [9.17, 15) is 9.90 Å². The van der Waals surface area contributed by atoms with Gasteiger partial charge in [0, 0.05) is 0 Å². The highest BCUT2D eigenvalue weighted by Gasteiger charge is 2.45. The smallest absolute Gasteiger partial charge is 0.185 e. The molecule has 1 aliphatic carbocycles. The summed E-state index contributed by atoms with van der Waals surface area (Å²) in [7, 11) is 1.61. The van der Waals surface area contributed by atoms with E-state index in [1.165, 1.54) is 0 Å². The van der Waals surface area contributed by atoms with Gasteiger partial charge in [0.25, 0.3) is 0 Å². The summed E-state index contributed by atoms with van der Waals surface area (Å²) in [5.74, 6) is 0.594. The van der Waals surface area contributed by atoms with Crippen molar-refractivity contribution in [2.24, 2.45) is 0 Å². The summed E-state index contributed by atoms with van der Waals surface area (Å²) in [6, 6.07) is 7.52. The highest BCUT2D eigenvalue weighted by atomic mass is 16.5. The molecule has 1 aliphatic rings. The maximum Gasteiger partial charge on any atom is 0.185 e. The second-order valence-electron chi connectivity index (χ2n) is 4.94. The quantitative estimate of drug-likeness (QED) is 0.866. The van der Waals surface area contributed by atoms with E-state index in [4.69, 9.17) is 4.74 Å². The number of methoxy groups -OCH3 is 1. The van der Waals surface area contributed by atoms with Gasteiger partial charge in [-0.15, -0.1) is 0 Å². The summed E-state index contributed by atoms with van der Waals surface area (Å²) in [5, 5.41) is 13.2. The van der Waals surface area contributed by atoms with E-state index >= 15 is 0 Å². The number of hydrogen-bond acceptors (Lipinski definition) is 4. The molecule has 1 aromatic rings. The van der Waals surface area contributed by atoms with Gasteiger partial charge in [-0.05, 0) is 43.5 Å². The van der Waals surface area contributed by atoms with Crippen LogP contribution in [0.1, 0.15) is 31.7 Å². The molecule has 2 N–H and O–H groups in total. The monoisotopic (exact) mass is 263 g/mol. The molecule has 104 valence electrons. The fourth-order valence-electron chi connectivity index (χ4n) is 2.85. The van der Waals surface area contributed by atoms with Gasteiger partial charge in [0.2, 0.25) is 0 Å². The minimum Gasteiger partial charge on any atom is -0.497 e. The predicted molar refractivity (Wildman–Crippen MR) is 73.2 cm³/mol. The van der Waals surface area contributed by atoms with Crippen molar-refractivity contribution in [2.75, 3.05) is 13.7 Å². The average molecular weight is 263 g/mol. The number of aliphatic hydroxyl groups excluding tert-OH is 1. The Balaban J connectivity index is 2.45. The van der Waals surface area contributed by atoms with Crippen LogP contribution in [0, 0.1) is 0 Å². The maximum atomic E-state index is 12.5. The Hall–Kier alpha value is -1.39. The van der Waals surface area contributed by atoms with E-state index in [1.807, 2.05) is 31.2 Å². The van der Waals surface area contributed by atoms with Crippen LogP contribution >= 0.6 is 0 Å². The van der Waals surface area contributed by atoms with Crippen LogP contribution < -0.4 is 10.1 Å². The molecule has 1 saturated carbocycles. The third-order valence-corrected chi connectivity index (χ3v) is 3.79. The fraction of sp³-hybridized carbons (Fsp3) is 0.533. The van der Waals surface area contributed by atoms with Crippen LogP contribution in [0.4, 0.5) is 0 Å². The van der Waals surface area contributed by atoms with Crippen LogP contribution in [-0.2, 0) is 10.3 Å². The summed E-state index contributed by atoms with van der Waals surface area (Å²) < 4.78 is 5.23. The molecule has 0 saturated heterocycles. The van der Waals surface area contributed by atoms with E-state index in [-0.39, 0.29) is 5.78 Å². The summed E-state index contributed by atoms with van der Waals surface area (Å²) in [5.41, 5.74) is 0.0958. The Morgan fingerprint density at radius 1 is 1.53 bits per heavy atom. The van der Waals surface area contributed by atoms with Gasteiger partial charge >= 0.3 is 0 Å². The lowest BCUT2D eigenvalue weighted by atomic mass is 9.74. The van der Waals surface area contributed by atoms with Crippen LogP contribution in [0.15, 0.2) is 24.3 Å². The van der Waals surface area contributed by atoms with E-state index < -0.39 is 11.6 Å². The van der Waals surface area contributed by atoms with Crippen molar-refractivity contribution in [1.29, 1.82) is 0 Å². The molecule has 0 aromatic heterocycles. The first kappa shape index (κ1) is 14.0. The molecular formula is C15H21NO3. The highest BCUT2D eigenvalue weighted by Crippen LogP contribution is 2.35. The fourth-order valence-corrected chi connectivity index (χ4v) is 2.85. The molecule has 0 radical (unpaired) electrons. The molecule has 1 aromatic carbocycles. The molecule has 0 heterocycles. The van der Waals surface area contributed by atoms with E-state index in [0.717, 1.165) is 17.7 Å². The molecule has 2 rings (SSSR count). The number of nitrogens with one attached hydrogen (secondary N) is 1. The largest absolute Gasteiger partial charge is 0.497 e. The zero-order valence-corrected chi connectivity index (χ0v) is 11.5. The molecule has 0 spiro atoms. The zero-order chi connectivity index (χ0) is 13.9. The van der Waals surface area contributed by atoms with Gasteiger partial charge in [-0.2, -0.15) is 0 Å². The molecule has 19 heavy (non-hydrogen) atoms. The number of Topliss-reactive ketones (excluding diaryl/α,β-unsaturated/α-hetero) is 1. The predicted octanol–water partition coefficient (Wildman–Crippen LogP) is 1.61. The average Bonchev–Trinajstić information content (AvgIpc) is 2.44. The van der Waals surface area contributed by atoms with Gasteiger partial charge in [-0.3, -0.25) is 4.79 Å². The number of ketones is 1. The van der Waals surface area contributed by atoms with Crippen molar-refractivity contribution in [1.82, 2.24) is 5.32 Å². The number of aliphatic hydroxyl groups is 1. The van der Waals surface area contributed by atoms with E-state index in [2.05, 4.69) is 5.32 Å². The Labute approximate surface area is 113 Å². The van der Waals surface area contributed by atoms with Crippen LogP contribution in [-0.4, -0.2) is 30.6 Å². The van der Waals surface area contributed by atoms with Crippen molar-refractivity contribution in [3.8, 4) is 5.75 Å². The van der Waals surface area contributed by atoms with Crippen LogP contribution in [0.25, 0.3) is 0 Å². The van der Waals surface area contributed by atoms with Crippen molar-refractivity contribution in [3.05, 3.63) is 29.8 Å². The Kier molecular flexibility index (Phi) is 4.22. The number of benzene rings is 1. The second-order valence-corrected chi connectivity index (χ2v) is 4.94. The number of hydrogen-bond donors (Lipinski definition) is 2. The Morgan fingerprint density at radius 2 is 2.32 bits per heavy atom. The van der Waals surface area contributed by atoms with Crippen molar-refractivity contribution in [3.63, 3.8) is 0 Å². The van der Waals surface area contributed by atoms with E-state index in [1.54, 1.807) is 7.11 Å². The standard InChI is InChI=1S/C15H21NO3/c1-3-16-15(9-5-8-13(17)14(15)18)11-6-4-7-12(10-11)19-2/h4,6-7,10,13,16-17H,3,5,8-9H2,1-2H3/t13-,15-/m1/s1. The van der Waals surface area contributed by atoms with Crippen molar-refractivity contribution in [2.45, 2.75) is 37.8 Å². The van der Waals surface area contributed by atoms with Crippen LogP contribution in [0.3, 0.4) is 0 Å². The SMILES string of the molecule is CCN[C@@]1(c2cccc(OC)c2)CCC[C@@H](O)C1=O. The minimum absolute atomic E-state index is 0.131. The summed E-state index contributed by atoms with van der Waals surface area (Å²) in [4.78, 5) is 12.5. The molecule has 0 aliphatic heterocycles. The number of ether oxygens (including phenoxy) is 1. The highest BCUT2D eigenvalue weighted by molar-refractivity contribution is 5.94. The van der Waals surface area contributed by atoms with Gasteiger partial charge < -0.3 is 15.2 Å². The zero-order valence-electron chi connectivity index (χ0n) is 11.5. The number of likely N-dealkylation sites (N-methyl/N-ethyl adjacent to an activating group) is 1. The third-order valence-electron chi connectivity index (χ3n) is 3.79. The van der Waals surface area contributed by atoms with E-state index in [0.29, 0.717) is 19.4 Å². The lowest BCUT2D eigenvalue weighted by Gasteiger charge is -2.39. The molecule has 0 amide bonds. The van der Waals surface area contributed by atoms with Crippen LogP contribution in [0.2, 0.25) is 0 Å². The molecule has 4 heteroatoms. The maximum absolute atomic E-state index is 12.5. The van der Waals surface area contributed by atoms with Gasteiger partial charge in [0.05, 0.1) is 7.11 Å². The van der Waals surface area contributed by atoms with Gasteiger partial charge in [0.1, 0.15) is 17.4 Å². The minimum atomic E-state index is -0.876. The molecule has 0 bridgehead atoms. The van der Waals surface area contributed by atoms with Gasteiger partial charge in [0.15, 0.2) is 5.78 Å². The van der Waals surface area contributed by atoms with Gasteiger partial charge in [-0.1, -0.05) is 19.1 Å². The topological polar surface area (TPSA) is 58.6 Å². The summed E-state index contributed by atoms with van der Waals surface area (Å²) in [6.07, 6.45) is 1.22. The second kappa shape index (κ2) is 5.72. The molecule has 2 atom stereocenters. The molecule has 4 nitrogen and oxygen atoms in total. The third kappa shape index (κ3) is 2.51. The van der Waals surface area contributed by atoms with Crippen LogP contribution in [0.5, 0.6) is 5.75 Å². The number of carbonyl (C=O) groups excluding carboxylic acids is 1.